The number of hydrogen-bond acceptors (Lipinski definition) is 2. The van der Waals surface area contributed by atoms with Gasteiger partial charge in [0.2, 0.25) is 0 Å². The highest BCUT2D eigenvalue weighted by molar-refractivity contribution is 5.81. The summed E-state index contributed by atoms with van der Waals surface area (Å²) in [5.74, 6) is 3.41. The molecular formula is C29H26O2. The second-order valence-corrected chi connectivity index (χ2v) is 9.77. The van der Waals surface area contributed by atoms with E-state index in [1.807, 2.05) is 0 Å². The topological polar surface area (TPSA) is 18.5 Å². The first-order valence-corrected chi connectivity index (χ1v) is 11.6. The summed E-state index contributed by atoms with van der Waals surface area (Å²) in [7, 11) is 0. The van der Waals surface area contributed by atoms with E-state index in [2.05, 4.69) is 84.9 Å². The van der Waals surface area contributed by atoms with Crippen molar-refractivity contribution in [2.45, 2.75) is 43.3 Å². The van der Waals surface area contributed by atoms with Crippen molar-refractivity contribution in [1.29, 1.82) is 0 Å². The van der Waals surface area contributed by atoms with Crippen LogP contribution < -0.4 is 9.47 Å². The van der Waals surface area contributed by atoms with Gasteiger partial charge in [0.25, 0.3) is 0 Å². The average Bonchev–Trinajstić information content (AvgIpc) is 3.41. The van der Waals surface area contributed by atoms with Gasteiger partial charge in [0.1, 0.15) is 17.1 Å². The van der Waals surface area contributed by atoms with Gasteiger partial charge in [0.15, 0.2) is 5.60 Å². The molecule has 0 amide bonds. The lowest BCUT2D eigenvalue weighted by molar-refractivity contribution is 0.0504. The summed E-state index contributed by atoms with van der Waals surface area (Å²) in [6.45, 7) is 0. The molecule has 0 saturated heterocycles. The predicted molar refractivity (Wildman–Crippen MR) is 122 cm³/mol. The van der Waals surface area contributed by atoms with Crippen LogP contribution in [0.1, 0.15) is 48.8 Å². The van der Waals surface area contributed by atoms with Gasteiger partial charge in [-0.15, -0.1) is 0 Å². The highest BCUT2D eigenvalue weighted by Crippen LogP contribution is 2.60. The van der Waals surface area contributed by atoms with Crippen molar-refractivity contribution in [2.75, 3.05) is 0 Å². The minimum absolute atomic E-state index is 0.125. The number of hydrogen-bond donors (Lipinski definition) is 0. The Morgan fingerprint density at radius 2 is 1.39 bits per heavy atom. The van der Waals surface area contributed by atoms with Crippen molar-refractivity contribution >= 4 is 5.57 Å². The van der Waals surface area contributed by atoms with Gasteiger partial charge in [0, 0.05) is 23.5 Å². The van der Waals surface area contributed by atoms with Gasteiger partial charge in [-0.1, -0.05) is 66.7 Å². The fourth-order valence-electron chi connectivity index (χ4n) is 6.76. The zero-order valence-electron chi connectivity index (χ0n) is 17.6. The largest absolute Gasteiger partial charge is 0.482 e. The molecule has 31 heavy (non-hydrogen) atoms. The molecule has 1 spiro atoms. The van der Waals surface area contributed by atoms with Crippen molar-refractivity contribution in [1.82, 2.24) is 0 Å². The molecule has 4 aliphatic rings. The number of benzene rings is 3. The quantitative estimate of drug-likeness (QED) is 0.469. The zero-order chi connectivity index (χ0) is 20.5. The van der Waals surface area contributed by atoms with Crippen LogP contribution >= 0.6 is 0 Å². The summed E-state index contributed by atoms with van der Waals surface area (Å²) in [6, 6.07) is 27.8. The van der Waals surface area contributed by atoms with Crippen LogP contribution in [0.4, 0.5) is 0 Å². The minimum atomic E-state index is -0.532. The molecule has 2 bridgehead atoms. The normalized spacial score (nSPS) is 29.1. The number of rotatable bonds is 2. The van der Waals surface area contributed by atoms with Crippen molar-refractivity contribution < 1.29 is 9.47 Å². The van der Waals surface area contributed by atoms with Crippen molar-refractivity contribution in [3.63, 3.8) is 0 Å². The molecule has 2 aliphatic heterocycles. The maximum Gasteiger partial charge on any atom is 0.163 e. The second kappa shape index (κ2) is 6.26. The van der Waals surface area contributed by atoms with Crippen LogP contribution in [-0.2, 0) is 5.60 Å². The monoisotopic (exact) mass is 406 g/mol. The molecule has 3 aromatic carbocycles. The Morgan fingerprint density at radius 1 is 0.710 bits per heavy atom. The molecule has 2 nitrogen and oxygen atoms in total. The Balaban J connectivity index is 1.45. The van der Waals surface area contributed by atoms with E-state index in [1.54, 1.807) is 0 Å². The summed E-state index contributed by atoms with van der Waals surface area (Å²) in [4.78, 5) is 0. The van der Waals surface area contributed by atoms with Crippen LogP contribution in [0.5, 0.6) is 11.5 Å². The Hall–Kier alpha value is -3.00. The molecule has 3 aromatic rings. The van der Waals surface area contributed by atoms with E-state index in [0.29, 0.717) is 5.92 Å². The molecule has 2 heterocycles. The van der Waals surface area contributed by atoms with Gasteiger partial charge >= 0.3 is 0 Å². The summed E-state index contributed by atoms with van der Waals surface area (Å²) in [6.07, 6.45) is 8.47. The van der Waals surface area contributed by atoms with Crippen LogP contribution in [0.15, 0.2) is 84.9 Å². The molecule has 7 rings (SSSR count). The van der Waals surface area contributed by atoms with Crippen LogP contribution in [0.25, 0.3) is 5.57 Å². The average molecular weight is 407 g/mol. The fraction of sp³-hybridized carbons (Fsp3) is 0.310. The maximum absolute atomic E-state index is 6.93. The SMILES string of the molecule is C1=C2CC(c3ccccc3)(c3ccccc3)Oc3cccc(c32)OC12CC1CCC2C1. The smallest absolute Gasteiger partial charge is 0.163 e. The van der Waals surface area contributed by atoms with E-state index in [1.165, 1.54) is 41.5 Å². The number of fused-ring (bicyclic) bond motifs is 3. The Morgan fingerprint density at radius 3 is 2.00 bits per heavy atom. The Labute approximate surface area is 183 Å². The first-order chi connectivity index (χ1) is 15.3. The van der Waals surface area contributed by atoms with Gasteiger partial charge in [-0.05, 0) is 55.4 Å². The standard InChI is InChI=1S/C29H26O2/c1-3-8-22(9-4-1)29(23-10-5-2-6-11-23)19-21-18-28(17-20-14-15-24(28)16-20)30-25-12-7-13-26(31-29)27(21)25/h1-13,18,20,24H,14-17,19H2. The van der Waals surface area contributed by atoms with Gasteiger partial charge in [-0.2, -0.15) is 0 Å². The molecule has 3 unspecified atom stereocenters. The first kappa shape index (κ1) is 17.7. The van der Waals surface area contributed by atoms with Crippen molar-refractivity contribution in [2.24, 2.45) is 11.8 Å². The fourth-order valence-corrected chi connectivity index (χ4v) is 6.76. The predicted octanol–water partition coefficient (Wildman–Crippen LogP) is 6.75. The molecular weight excluding hydrogens is 380 g/mol. The molecule has 3 atom stereocenters. The summed E-state index contributed by atoms with van der Waals surface area (Å²) < 4.78 is 13.7. The molecule has 154 valence electrons. The zero-order valence-corrected chi connectivity index (χ0v) is 17.6. The summed E-state index contributed by atoms with van der Waals surface area (Å²) in [5, 5.41) is 0. The van der Waals surface area contributed by atoms with Gasteiger partial charge in [0.05, 0.1) is 5.56 Å². The first-order valence-electron chi connectivity index (χ1n) is 11.6. The van der Waals surface area contributed by atoms with E-state index in [9.17, 15) is 0 Å². The van der Waals surface area contributed by atoms with Crippen LogP contribution in [0.3, 0.4) is 0 Å². The highest BCUT2D eigenvalue weighted by atomic mass is 16.5. The Bertz CT molecular complexity index is 1140. The summed E-state index contributed by atoms with van der Waals surface area (Å²) in [5.41, 5.74) is 4.30. The van der Waals surface area contributed by atoms with E-state index < -0.39 is 5.60 Å². The highest BCUT2D eigenvalue weighted by Gasteiger charge is 2.55. The van der Waals surface area contributed by atoms with E-state index in [4.69, 9.17) is 9.47 Å². The van der Waals surface area contributed by atoms with Gasteiger partial charge in [-0.25, -0.2) is 0 Å². The molecule has 0 N–H and O–H groups in total. The molecule has 2 fully saturated rings. The lowest BCUT2D eigenvalue weighted by Crippen LogP contribution is -2.44. The van der Waals surface area contributed by atoms with Crippen molar-refractivity contribution in [3.05, 3.63) is 102 Å². The van der Waals surface area contributed by atoms with Crippen molar-refractivity contribution in [3.8, 4) is 11.5 Å². The third-order valence-electron chi connectivity index (χ3n) is 8.07. The minimum Gasteiger partial charge on any atom is -0.482 e. The summed E-state index contributed by atoms with van der Waals surface area (Å²) >= 11 is 0. The lowest BCUT2D eigenvalue weighted by Gasteiger charge is -2.46. The van der Waals surface area contributed by atoms with Gasteiger partial charge < -0.3 is 9.47 Å². The number of ether oxygens (including phenoxy) is 2. The third kappa shape index (κ3) is 2.45. The third-order valence-corrected chi connectivity index (χ3v) is 8.07. The van der Waals surface area contributed by atoms with Crippen LogP contribution in [0, 0.1) is 11.8 Å². The molecule has 2 saturated carbocycles. The Kier molecular flexibility index (Phi) is 3.57. The molecule has 0 radical (unpaired) electrons. The second-order valence-electron chi connectivity index (χ2n) is 9.77. The van der Waals surface area contributed by atoms with E-state index >= 15 is 0 Å². The maximum atomic E-state index is 6.93. The van der Waals surface area contributed by atoms with E-state index in [0.717, 1.165) is 30.3 Å². The molecule has 2 aliphatic carbocycles. The van der Waals surface area contributed by atoms with Crippen LogP contribution in [0.2, 0.25) is 0 Å². The molecule has 0 aromatic heterocycles. The lowest BCUT2D eigenvalue weighted by atomic mass is 9.73. The van der Waals surface area contributed by atoms with Gasteiger partial charge in [-0.3, -0.25) is 0 Å². The van der Waals surface area contributed by atoms with Crippen LogP contribution in [-0.4, -0.2) is 5.60 Å². The molecule has 2 heteroatoms. The van der Waals surface area contributed by atoms with E-state index in [-0.39, 0.29) is 5.60 Å².